The van der Waals surface area contributed by atoms with E-state index >= 15 is 0 Å². The molecule has 1 amide bonds. The van der Waals surface area contributed by atoms with Gasteiger partial charge in [-0.3, -0.25) is 9.59 Å². The van der Waals surface area contributed by atoms with Crippen LogP contribution < -0.4 is 5.32 Å². The van der Waals surface area contributed by atoms with Gasteiger partial charge in [0.2, 0.25) is 5.91 Å². The van der Waals surface area contributed by atoms with Crippen LogP contribution in [-0.4, -0.2) is 36.2 Å². The van der Waals surface area contributed by atoms with Crippen molar-refractivity contribution in [1.29, 1.82) is 0 Å². The molecule has 0 bridgehead atoms. The van der Waals surface area contributed by atoms with Crippen LogP contribution >= 0.6 is 0 Å². The minimum atomic E-state index is -0.138. The lowest BCUT2D eigenvalue weighted by molar-refractivity contribution is -0.127. The fraction of sp³-hybridized carbons (Fsp3) is 0.556. The van der Waals surface area contributed by atoms with Gasteiger partial charge in [-0.15, -0.1) is 0 Å². The molecule has 1 fully saturated rings. The maximum atomic E-state index is 13.7. The van der Waals surface area contributed by atoms with Crippen molar-refractivity contribution in [3.63, 3.8) is 0 Å². The lowest BCUT2D eigenvalue weighted by atomic mass is 9.82. The Morgan fingerprint density at radius 3 is 2.17 bits per heavy atom. The van der Waals surface area contributed by atoms with Crippen molar-refractivity contribution in [2.75, 3.05) is 25.0 Å². The van der Waals surface area contributed by atoms with Crippen molar-refractivity contribution in [3.05, 3.63) is 76.9 Å². The molecule has 1 heterocycles. The van der Waals surface area contributed by atoms with Crippen LogP contribution in [0.15, 0.2) is 49.1 Å². The van der Waals surface area contributed by atoms with E-state index < -0.39 is 0 Å². The van der Waals surface area contributed by atoms with Crippen molar-refractivity contribution in [3.8, 4) is 0 Å². The van der Waals surface area contributed by atoms with Gasteiger partial charge in [-0.05, 0) is 91.8 Å². The van der Waals surface area contributed by atoms with Gasteiger partial charge >= 0.3 is 0 Å². The normalized spacial score (nSPS) is 14.2. The summed E-state index contributed by atoms with van der Waals surface area (Å²) in [7, 11) is 0. The predicted molar refractivity (Wildman–Crippen MR) is 176 cm³/mol. The molecule has 1 saturated heterocycles. The molecular formula is C36H58N2O2. The van der Waals surface area contributed by atoms with Gasteiger partial charge < -0.3 is 10.2 Å². The fourth-order valence-corrected chi connectivity index (χ4v) is 4.99. The first-order chi connectivity index (χ1) is 18.9. The van der Waals surface area contributed by atoms with E-state index in [4.69, 9.17) is 0 Å². The number of anilines is 1. The largest absolute Gasteiger partial charge is 0.385 e. The molecule has 3 rings (SSSR count). The van der Waals surface area contributed by atoms with Crippen LogP contribution in [0.2, 0.25) is 0 Å². The summed E-state index contributed by atoms with van der Waals surface area (Å²) in [5.74, 6) is 0.505. The van der Waals surface area contributed by atoms with E-state index in [1.165, 1.54) is 11.6 Å². The molecule has 1 aliphatic heterocycles. The van der Waals surface area contributed by atoms with E-state index in [2.05, 4.69) is 91.6 Å². The molecule has 1 unspecified atom stereocenters. The number of carbonyl (C=O) groups excluding carboxylic acids is 2. The smallest absolute Gasteiger partial charge is 0.245 e. The molecule has 1 aliphatic rings. The maximum Gasteiger partial charge on any atom is 0.245 e. The summed E-state index contributed by atoms with van der Waals surface area (Å²) in [6.45, 7) is 27.1. The fourth-order valence-electron chi connectivity index (χ4n) is 4.99. The Kier molecular flexibility index (Phi) is 15.0. The average molecular weight is 551 g/mol. The quantitative estimate of drug-likeness (QED) is 0.250. The van der Waals surface area contributed by atoms with Gasteiger partial charge in [0.15, 0.2) is 5.78 Å². The van der Waals surface area contributed by atoms with Crippen molar-refractivity contribution >= 4 is 17.4 Å². The number of hydrogen-bond acceptors (Lipinski definition) is 3. The lowest BCUT2D eigenvalue weighted by Crippen LogP contribution is -2.36. The zero-order chi connectivity index (χ0) is 30.5. The van der Waals surface area contributed by atoms with Crippen LogP contribution in [0.4, 0.5) is 5.69 Å². The third kappa shape index (κ3) is 10.6. The Balaban J connectivity index is 0.00000180. The zero-order valence-electron chi connectivity index (χ0n) is 27.1. The number of carbonyl (C=O) groups is 2. The van der Waals surface area contributed by atoms with Crippen LogP contribution in [-0.2, 0) is 4.79 Å². The van der Waals surface area contributed by atoms with E-state index in [1.807, 2.05) is 30.9 Å². The molecule has 2 aromatic rings. The number of piperidine rings is 1. The Labute approximate surface area is 247 Å². The molecule has 4 nitrogen and oxygen atoms in total. The summed E-state index contributed by atoms with van der Waals surface area (Å²) in [4.78, 5) is 27.5. The van der Waals surface area contributed by atoms with E-state index in [0.29, 0.717) is 11.3 Å². The van der Waals surface area contributed by atoms with Crippen LogP contribution in [0.3, 0.4) is 0 Å². The molecule has 0 saturated carbocycles. The highest BCUT2D eigenvalue weighted by Crippen LogP contribution is 2.34. The second kappa shape index (κ2) is 17.0. The first-order valence-electron chi connectivity index (χ1n) is 15.3. The Hall–Kier alpha value is -2.88. The number of amides is 1. The highest BCUT2D eigenvalue weighted by atomic mass is 16.2. The van der Waals surface area contributed by atoms with Crippen LogP contribution in [0.1, 0.15) is 127 Å². The van der Waals surface area contributed by atoms with Gasteiger partial charge in [0.1, 0.15) is 0 Å². The number of likely N-dealkylation sites (tertiary alicyclic amines) is 1. The monoisotopic (exact) mass is 550 g/mol. The van der Waals surface area contributed by atoms with E-state index in [0.717, 1.165) is 73.3 Å². The van der Waals surface area contributed by atoms with Gasteiger partial charge in [0, 0.05) is 38.2 Å². The van der Waals surface area contributed by atoms with Gasteiger partial charge in [0.05, 0.1) is 0 Å². The van der Waals surface area contributed by atoms with E-state index in [1.54, 1.807) is 0 Å². The van der Waals surface area contributed by atoms with Gasteiger partial charge in [0.25, 0.3) is 0 Å². The highest BCUT2D eigenvalue weighted by molar-refractivity contribution is 6.02. The number of Topliss-reactive ketones (excluding diaryl/α,β-unsaturated/α-hetero) is 1. The van der Waals surface area contributed by atoms with Crippen LogP contribution in [0, 0.1) is 19.3 Å². The van der Waals surface area contributed by atoms with E-state index in [9.17, 15) is 9.59 Å². The minimum Gasteiger partial charge on any atom is -0.385 e. The summed E-state index contributed by atoms with van der Waals surface area (Å²) in [6, 6.07) is 12.6. The lowest BCUT2D eigenvalue weighted by Gasteiger charge is -2.32. The molecule has 1 atom stereocenters. The summed E-state index contributed by atoms with van der Waals surface area (Å²) in [5.41, 5.74) is 7.03. The standard InChI is InChI=1S/C29H38N2O2.C5H12.C2H6.H2/c1-6-10-26(29(33)25-13-14-27(30-8-3)21(5)20(25)4)24-12-9-11-23(19-24)22-15-17-31(18-16-22)28(32)7-2;1-5(2,3)4;1-2;/h7,9,11-14,19,22,26,30H,2,6,8,10,15-18H2,1,3-5H3;1-4H3;1-2H3;1H. The van der Waals surface area contributed by atoms with Crippen molar-refractivity contribution < 1.29 is 11.0 Å². The maximum absolute atomic E-state index is 13.7. The van der Waals surface area contributed by atoms with E-state index in [-0.39, 0.29) is 19.0 Å². The van der Waals surface area contributed by atoms with Crippen LogP contribution in [0.5, 0.6) is 0 Å². The average Bonchev–Trinajstić information content (AvgIpc) is 2.94. The first kappa shape index (κ1) is 35.1. The molecule has 2 aromatic carbocycles. The number of nitrogens with one attached hydrogen (secondary N) is 1. The van der Waals surface area contributed by atoms with Crippen LogP contribution in [0.25, 0.3) is 0 Å². The molecule has 40 heavy (non-hydrogen) atoms. The number of hydrogen-bond donors (Lipinski definition) is 1. The van der Waals surface area contributed by atoms with Crippen molar-refractivity contribution in [2.45, 2.75) is 107 Å². The minimum absolute atomic E-state index is 0. The SMILES string of the molecule is C=CC(=O)N1CCC(c2cccc(C(CCC)C(=O)c3ccc(NCC)c(C)c3C)c2)CC1.CC.CC(C)(C)C.[HH]. The molecule has 1 N–H and O–H groups in total. The van der Waals surface area contributed by atoms with Gasteiger partial charge in [-0.2, -0.15) is 0 Å². The van der Waals surface area contributed by atoms with Crippen molar-refractivity contribution in [2.24, 2.45) is 5.41 Å². The Bertz CT molecular complexity index is 1090. The molecule has 0 radical (unpaired) electrons. The zero-order valence-corrected chi connectivity index (χ0v) is 27.1. The summed E-state index contributed by atoms with van der Waals surface area (Å²) in [6.07, 6.45) is 5.08. The molecule has 0 spiro atoms. The first-order valence-corrected chi connectivity index (χ1v) is 15.3. The summed E-state index contributed by atoms with van der Waals surface area (Å²) >= 11 is 0. The highest BCUT2D eigenvalue weighted by Gasteiger charge is 2.26. The van der Waals surface area contributed by atoms with Gasteiger partial charge in [-0.1, -0.05) is 85.7 Å². The molecular weight excluding hydrogens is 492 g/mol. The van der Waals surface area contributed by atoms with Crippen molar-refractivity contribution in [1.82, 2.24) is 4.90 Å². The number of ketones is 1. The number of benzene rings is 2. The topological polar surface area (TPSA) is 49.4 Å². The van der Waals surface area contributed by atoms with Gasteiger partial charge in [-0.25, -0.2) is 0 Å². The third-order valence-electron chi connectivity index (χ3n) is 7.08. The third-order valence-corrected chi connectivity index (χ3v) is 7.08. The number of nitrogens with zero attached hydrogens (tertiary/aromatic N) is 1. The second-order valence-electron chi connectivity index (χ2n) is 12.1. The molecule has 224 valence electrons. The Morgan fingerprint density at radius 1 is 1.05 bits per heavy atom. The second-order valence-corrected chi connectivity index (χ2v) is 12.1. The molecule has 0 aliphatic carbocycles. The Morgan fingerprint density at radius 2 is 1.65 bits per heavy atom. The predicted octanol–water partition coefficient (Wildman–Crippen LogP) is 9.72. The molecule has 4 heteroatoms. The molecule has 0 aromatic heterocycles. The summed E-state index contributed by atoms with van der Waals surface area (Å²) in [5, 5.41) is 3.39. The number of rotatable bonds is 9. The summed E-state index contributed by atoms with van der Waals surface area (Å²) < 4.78 is 0.